The van der Waals surface area contributed by atoms with E-state index < -0.39 is 11.9 Å². The Labute approximate surface area is 156 Å². The van der Waals surface area contributed by atoms with Crippen molar-refractivity contribution in [3.05, 3.63) is 70.8 Å². The van der Waals surface area contributed by atoms with Gasteiger partial charge in [-0.05, 0) is 28.8 Å². The Morgan fingerprint density at radius 2 is 1.92 bits per heavy atom. The number of hydrogen-bond acceptors (Lipinski definition) is 4. The van der Waals surface area contributed by atoms with E-state index in [1.807, 2.05) is 36.4 Å². The Morgan fingerprint density at radius 1 is 1.19 bits per heavy atom. The molecule has 0 spiro atoms. The summed E-state index contributed by atoms with van der Waals surface area (Å²) in [5, 5.41) is 18.3. The second kappa shape index (κ2) is 8.07. The van der Waals surface area contributed by atoms with Crippen molar-refractivity contribution in [3.8, 4) is 6.07 Å². The van der Waals surface area contributed by atoms with Crippen molar-refractivity contribution in [2.45, 2.75) is 18.2 Å². The van der Waals surface area contributed by atoms with Gasteiger partial charge in [-0.1, -0.05) is 36.4 Å². The molecular weight excluding hydrogens is 348 g/mol. The summed E-state index contributed by atoms with van der Waals surface area (Å²) in [6.45, 7) is 0.665. The predicted molar refractivity (Wildman–Crippen MR) is 99.6 cm³/mol. The third kappa shape index (κ3) is 4.06. The summed E-state index contributed by atoms with van der Waals surface area (Å²) in [5.74, 6) is -0.657. The van der Waals surface area contributed by atoms with Crippen molar-refractivity contribution in [2.75, 3.05) is 12.3 Å². The number of nitrogens with zero attached hydrogens (tertiary/aromatic N) is 2. The van der Waals surface area contributed by atoms with Crippen LogP contribution in [0, 0.1) is 11.3 Å². The summed E-state index contributed by atoms with van der Waals surface area (Å²) < 4.78 is 0. The number of nitriles is 1. The minimum absolute atomic E-state index is 0.0515. The average Bonchev–Trinajstić information content (AvgIpc) is 2.67. The predicted octanol–water partition coefficient (Wildman–Crippen LogP) is 3.00. The summed E-state index contributed by atoms with van der Waals surface area (Å²) >= 11 is 1.49. The van der Waals surface area contributed by atoms with E-state index in [0.717, 1.165) is 16.7 Å². The zero-order valence-electron chi connectivity index (χ0n) is 14.1. The molecule has 6 heteroatoms. The molecular formula is C20H18N2O3S. The van der Waals surface area contributed by atoms with E-state index in [1.54, 1.807) is 17.0 Å². The van der Waals surface area contributed by atoms with E-state index in [1.165, 1.54) is 11.8 Å². The lowest BCUT2D eigenvalue weighted by molar-refractivity contribution is -0.140. The number of carbonyl (C=O) groups is 2. The van der Waals surface area contributed by atoms with Crippen molar-refractivity contribution < 1.29 is 14.7 Å². The van der Waals surface area contributed by atoms with Crippen LogP contribution in [0.2, 0.25) is 0 Å². The van der Waals surface area contributed by atoms with Gasteiger partial charge in [-0.3, -0.25) is 9.59 Å². The SMILES string of the molecule is N#Cc1ccc(CSCC(=O)N2Cc3ccccc3C(C(=O)O)C2)cc1. The van der Waals surface area contributed by atoms with Crippen LogP contribution < -0.4 is 0 Å². The second-order valence-electron chi connectivity index (χ2n) is 6.17. The molecule has 0 aliphatic carbocycles. The first-order valence-electron chi connectivity index (χ1n) is 8.23. The molecule has 1 N–H and O–H groups in total. The quantitative estimate of drug-likeness (QED) is 0.880. The molecule has 0 aromatic heterocycles. The average molecular weight is 366 g/mol. The van der Waals surface area contributed by atoms with Gasteiger partial charge in [-0.25, -0.2) is 0 Å². The van der Waals surface area contributed by atoms with Gasteiger partial charge in [0.1, 0.15) is 0 Å². The van der Waals surface area contributed by atoms with Gasteiger partial charge in [0.15, 0.2) is 0 Å². The van der Waals surface area contributed by atoms with Gasteiger partial charge in [-0.2, -0.15) is 5.26 Å². The minimum atomic E-state index is -0.903. The van der Waals surface area contributed by atoms with Crippen molar-refractivity contribution in [2.24, 2.45) is 0 Å². The van der Waals surface area contributed by atoms with Crippen LogP contribution in [0.25, 0.3) is 0 Å². The molecule has 1 atom stereocenters. The number of aliphatic carboxylic acids is 1. The number of amides is 1. The normalized spacial score (nSPS) is 15.8. The molecule has 2 aromatic rings. The first-order chi connectivity index (χ1) is 12.6. The van der Waals surface area contributed by atoms with E-state index in [-0.39, 0.29) is 12.5 Å². The van der Waals surface area contributed by atoms with E-state index in [2.05, 4.69) is 6.07 Å². The number of fused-ring (bicyclic) bond motifs is 1. The molecule has 0 saturated carbocycles. The van der Waals surface area contributed by atoms with Crippen LogP contribution >= 0.6 is 11.8 Å². The molecule has 0 radical (unpaired) electrons. The fourth-order valence-electron chi connectivity index (χ4n) is 3.03. The summed E-state index contributed by atoms with van der Waals surface area (Å²) in [4.78, 5) is 25.7. The lowest BCUT2D eigenvalue weighted by Gasteiger charge is -2.32. The van der Waals surface area contributed by atoms with Crippen LogP contribution in [0.1, 0.15) is 28.2 Å². The molecule has 1 unspecified atom stereocenters. The maximum atomic E-state index is 12.5. The van der Waals surface area contributed by atoms with Crippen LogP contribution in [-0.2, 0) is 21.9 Å². The Bertz CT molecular complexity index is 858. The minimum Gasteiger partial charge on any atom is -0.481 e. The summed E-state index contributed by atoms with van der Waals surface area (Å²) in [6, 6.07) is 16.8. The van der Waals surface area contributed by atoms with E-state index >= 15 is 0 Å². The van der Waals surface area contributed by atoms with E-state index in [0.29, 0.717) is 23.6 Å². The van der Waals surface area contributed by atoms with Gasteiger partial charge < -0.3 is 10.0 Å². The number of hydrogen-bond donors (Lipinski definition) is 1. The van der Waals surface area contributed by atoms with Crippen LogP contribution in [0.4, 0.5) is 0 Å². The summed E-state index contributed by atoms with van der Waals surface area (Å²) in [5.41, 5.74) is 3.36. The maximum Gasteiger partial charge on any atom is 0.312 e. The largest absolute Gasteiger partial charge is 0.481 e. The molecule has 1 aliphatic heterocycles. The van der Waals surface area contributed by atoms with Gasteiger partial charge in [0.25, 0.3) is 0 Å². The van der Waals surface area contributed by atoms with E-state index in [4.69, 9.17) is 5.26 Å². The Balaban J connectivity index is 1.59. The lowest BCUT2D eigenvalue weighted by Crippen LogP contribution is -2.41. The van der Waals surface area contributed by atoms with Crippen molar-refractivity contribution >= 4 is 23.6 Å². The van der Waals surface area contributed by atoms with Gasteiger partial charge in [0.2, 0.25) is 5.91 Å². The van der Waals surface area contributed by atoms with Gasteiger partial charge in [-0.15, -0.1) is 11.8 Å². The molecule has 0 bridgehead atoms. The highest BCUT2D eigenvalue weighted by Gasteiger charge is 2.32. The second-order valence-corrected chi connectivity index (χ2v) is 7.15. The maximum absolute atomic E-state index is 12.5. The van der Waals surface area contributed by atoms with Gasteiger partial charge >= 0.3 is 5.97 Å². The summed E-state index contributed by atoms with van der Waals surface area (Å²) in [7, 11) is 0. The third-order valence-corrected chi connectivity index (χ3v) is 5.41. The topological polar surface area (TPSA) is 81.4 Å². The Morgan fingerprint density at radius 3 is 2.62 bits per heavy atom. The zero-order chi connectivity index (χ0) is 18.5. The molecule has 0 fully saturated rings. The van der Waals surface area contributed by atoms with Crippen molar-refractivity contribution in [1.82, 2.24) is 4.90 Å². The fraction of sp³-hybridized carbons (Fsp3) is 0.250. The highest BCUT2D eigenvalue weighted by Crippen LogP contribution is 2.29. The lowest BCUT2D eigenvalue weighted by atomic mass is 9.90. The van der Waals surface area contributed by atoms with E-state index in [9.17, 15) is 14.7 Å². The highest BCUT2D eigenvalue weighted by atomic mass is 32.2. The van der Waals surface area contributed by atoms with Crippen LogP contribution in [0.5, 0.6) is 0 Å². The molecule has 1 amide bonds. The third-order valence-electron chi connectivity index (χ3n) is 4.42. The van der Waals surface area contributed by atoms with Gasteiger partial charge in [0, 0.05) is 18.8 Å². The number of rotatable bonds is 5. The van der Waals surface area contributed by atoms with Crippen LogP contribution in [0.15, 0.2) is 48.5 Å². The Kier molecular flexibility index (Phi) is 5.59. The smallest absolute Gasteiger partial charge is 0.312 e. The first kappa shape index (κ1) is 18.0. The first-order valence-corrected chi connectivity index (χ1v) is 9.39. The number of thioether (sulfide) groups is 1. The molecule has 3 rings (SSSR count). The molecule has 5 nitrogen and oxygen atoms in total. The molecule has 0 saturated heterocycles. The molecule has 2 aromatic carbocycles. The van der Waals surface area contributed by atoms with Crippen molar-refractivity contribution in [1.29, 1.82) is 5.26 Å². The van der Waals surface area contributed by atoms with Crippen LogP contribution in [-0.4, -0.2) is 34.2 Å². The number of carbonyl (C=O) groups excluding carboxylic acids is 1. The zero-order valence-corrected chi connectivity index (χ0v) is 14.9. The van der Waals surface area contributed by atoms with Crippen molar-refractivity contribution in [3.63, 3.8) is 0 Å². The van der Waals surface area contributed by atoms with Crippen LogP contribution in [0.3, 0.4) is 0 Å². The fourth-order valence-corrected chi connectivity index (χ4v) is 3.92. The van der Waals surface area contributed by atoms with Gasteiger partial charge in [0.05, 0.1) is 23.3 Å². The molecule has 26 heavy (non-hydrogen) atoms. The Hall–Kier alpha value is -2.78. The number of carboxylic acids is 1. The standard InChI is InChI=1S/C20H18N2O3S/c21-9-14-5-7-15(8-6-14)12-26-13-19(23)22-10-16-3-1-2-4-17(16)18(11-22)20(24)25/h1-8,18H,10-13H2,(H,24,25). The molecule has 1 heterocycles. The number of benzene rings is 2. The number of carboxylic acid groups (broad SMARTS) is 1. The summed E-state index contributed by atoms with van der Waals surface area (Å²) in [6.07, 6.45) is 0. The molecule has 132 valence electrons. The highest BCUT2D eigenvalue weighted by molar-refractivity contribution is 7.99. The monoisotopic (exact) mass is 366 g/mol. The molecule has 1 aliphatic rings.